The quantitative estimate of drug-likeness (QED) is 0.575. The number of rotatable bonds is 5. The first kappa shape index (κ1) is 16.4. The highest BCUT2D eigenvalue weighted by Crippen LogP contribution is 2.21. The van der Waals surface area contributed by atoms with Crippen molar-refractivity contribution in [3.8, 4) is 0 Å². The van der Waals surface area contributed by atoms with Gasteiger partial charge in [-0.1, -0.05) is 20.8 Å². The summed E-state index contributed by atoms with van der Waals surface area (Å²) in [5.41, 5.74) is 5.21. The van der Waals surface area contributed by atoms with Crippen LogP contribution in [0, 0.1) is 16.6 Å². The fourth-order valence-corrected chi connectivity index (χ4v) is 2.94. The fourth-order valence-electron chi connectivity index (χ4n) is 1.47. The molecule has 1 aromatic rings. The van der Waals surface area contributed by atoms with Crippen molar-refractivity contribution in [2.24, 2.45) is 11.1 Å². The van der Waals surface area contributed by atoms with Crippen molar-refractivity contribution in [1.82, 2.24) is 0 Å². The Balaban J connectivity index is 2.88. The molecule has 112 valence electrons. The fraction of sp³-hybridized carbons (Fsp3) is 0.462. The van der Waals surface area contributed by atoms with E-state index in [1.165, 1.54) is 12.1 Å². The maximum atomic E-state index is 13.4. The largest absolute Gasteiger partial charge is 0.384 e. The molecule has 0 radical (unpaired) electrons. The van der Waals surface area contributed by atoms with Gasteiger partial charge in [0, 0.05) is 5.69 Å². The van der Waals surface area contributed by atoms with Gasteiger partial charge in [-0.25, -0.2) is 12.8 Å². The lowest BCUT2D eigenvalue weighted by Gasteiger charge is -2.18. The van der Waals surface area contributed by atoms with Crippen LogP contribution < -0.4 is 10.5 Å². The second-order valence-electron chi connectivity index (χ2n) is 5.84. The molecule has 5 nitrogen and oxygen atoms in total. The van der Waals surface area contributed by atoms with Crippen molar-refractivity contribution in [2.75, 3.05) is 10.5 Å². The SMILES string of the molecule is CC(C)(C)CCS(=O)(=O)Nc1ccc(F)c(C(=N)N)c1. The van der Waals surface area contributed by atoms with Gasteiger partial charge in [-0.05, 0) is 30.0 Å². The number of hydrogen-bond donors (Lipinski definition) is 3. The maximum Gasteiger partial charge on any atom is 0.232 e. The van der Waals surface area contributed by atoms with E-state index < -0.39 is 21.7 Å². The lowest BCUT2D eigenvalue weighted by molar-refractivity contribution is 0.397. The van der Waals surface area contributed by atoms with Crippen LogP contribution in [0.2, 0.25) is 0 Å². The van der Waals surface area contributed by atoms with Gasteiger partial charge in [-0.3, -0.25) is 10.1 Å². The summed E-state index contributed by atoms with van der Waals surface area (Å²) in [6.45, 7) is 5.86. The predicted octanol–water partition coefficient (Wildman–Crippen LogP) is 2.29. The Labute approximate surface area is 118 Å². The van der Waals surface area contributed by atoms with Gasteiger partial charge >= 0.3 is 0 Å². The first-order valence-electron chi connectivity index (χ1n) is 6.15. The van der Waals surface area contributed by atoms with Gasteiger partial charge in [0.2, 0.25) is 10.0 Å². The summed E-state index contributed by atoms with van der Waals surface area (Å²) in [5.74, 6) is -1.13. The van der Waals surface area contributed by atoms with Gasteiger partial charge in [0.25, 0.3) is 0 Å². The van der Waals surface area contributed by atoms with Crippen molar-refractivity contribution in [3.63, 3.8) is 0 Å². The minimum absolute atomic E-state index is 0.0245. The molecule has 0 heterocycles. The van der Waals surface area contributed by atoms with Gasteiger partial charge in [0.1, 0.15) is 11.7 Å². The molecule has 0 spiro atoms. The van der Waals surface area contributed by atoms with Crippen LogP contribution in [-0.2, 0) is 10.0 Å². The molecule has 0 aliphatic rings. The molecule has 0 aromatic heterocycles. The third kappa shape index (κ3) is 5.16. The number of nitrogen functional groups attached to an aromatic ring is 1. The van der Waals surface area contributed by atoms with Crippen LogP contribution in [0.3, 0.4) is 0 Å². The molecule has 7 heteroatoms. The summed E-state index contributed by atoms with van der Waals surface area (Å²) >= 11 is 0. The molecule has 1 aromatic carbocycles. The number of nitrogens with one attached hydrogen (secondary N) is 2. The summed E-state index contributed by atoms with van der Waals surface area (Å²) in [6.07, 6.45) is 0.503. The number of benzene rings is 1. The number of sulfonamides is 1. The summed E-state index contributed by atoms with van der Waals surface area (Å²) in [7, 11) is -3.51. The summed E-state index contributed by atoms with van der Waals surface area (Å²) in [4.78, 5) is 0. The minimum atomic E-state index is -3.51. The molecule has 0 aliphatic carbocycles. The molecule has 20 heavy (non-hydrogen) atoms. The zero-order valence-corrected chi connectivity index (χ0v) is 12.6. The standard InChI is InChI=1S/C13H20FN3O2S/c1-13(2,3)6-7-20(18,19)17-9-4-5-11(14)10(8-9)12(15)16/h4-5,8,17H,6-7H2,1-3H3,(H3,15,16). The number of halogens is 1. The summed E-state index contributed by atoms with van der Waals surface area (Å²) in [6, 6.07) is 3.60. The third-order valence-corrected chi connectivity index (χ3v) is 3.94. The summed E-state index contributed by atoms with van der Waals surface area (Å²) in [5, 5.41) is 7.23. The zero-order valence-electron chi connectivity index (χ0n) is 11.8. The van der Waals surface area contributed by atoms with E-state index in [1.807, 2.05) is 20.8 Å². The second kappa shape index (κ2) is 5.78. The zero-order chi connectivity index (χ0) is 15.6. The van der Waals surface area contributed by atoms with Crippen molar-refractivity contribution in [1.29, 1.82) is 5.41 Å². The Hall–Kier alpha value is -1.63. The van der Waals surface area contributed by atoms with Crippen LogP contribution in [0.1, 0.15) is 32.8 Å². The van der Waals surface area contributed by atoms with Crippen LogP contribution >= 0.6 is 0 Å². The Bertz CT molecular complexity index is 607. The minimum Gasteiger partial charge on any atom is -0.384 e. The monoisotopic (exact) mass is 301 g/mol. The molecule has 0 bridgehead atoms. The highest BCUT2D eigenvalue weighted by atomic mass is 32.2. The Morgan fingerprint density at radius 1 is 1.40 bits per heavy atom. The van der Waals surface area contributed by atoms with Crippen molar-refractivity contribution < 1.29 is 12.8 Å². The summed E-state index contributed by atoms with van der Waals surface area (Å²) < 4.78 is 39.6. The average molecular weight is 301 g/mol. The third-order valence-electron chi connectivity index (χ3n) is 2.65. The van der Waals surface area contributed by atoms with Gasteiger partial charge in [0.15, 0.2) is 0 Å². The predicted molar refractivity (Wildman–Crippen MR) is 78.9 cm³/mol. The molecule has 1 rings (SSSR count). The van der Waals surface area contributed by atoms with E-state index in [4.69, 9.17) is 11.1 Å². The lowest BCUT2D eigenvalue weighted by Crippen LogP contribution is -2.21. The van der Waals surface area contributed by atoms with Gasteiger partial charge in [-0.2, -0.15) is 0 Å². The average Bonchev–Trinajstić information content (AvgIpc) is 2.28. The number of hydrogen-bond acceptors (Lipinski definition) is 3. The molecular weight excluding hydrogens is 281 g/mol. The van der Waals surface area contributed by atoms with Gasteiger partial charge < -0.3 is 5.73 Å². The van der Waals surface area contributed by atoms with E-state index in [-0.39, 0.29) is 22.4 Å². The molecule has 4 N–H and O–H groups in total. The first-order valence-corrected chi connectivity index (χ1v) is 7.80. The molecule has 0 amide bonds. The number of anilines is 1. The van der Waals surface area contributed by atoms with Crippen molar-refractivity contribution >= 4 is 21.5 Å². The van der Waals surface area contributed by atoms with E-state index in [0.717, 1.165) is 6.07 Å². The van der Waals surface area contributed by atoms with E-state index in [0.29, 0.717) is 6.42 Å². The molecule has 0 saturated heterocycles. The lowest BCUT2D eigenvalue weighted by atomic mass is 9.94. The highest BCUT2D eigenvalue weighted by molar-refractivity contribution is 7.92. The Morgan fingerprint density at radius 3 is 2.50 bits per heavy atom. The van der Waals surface area contributed by atoms with Gasteiger partial charge in [0.05, 0.1) is 11.3 Å². The van der Waals surface area contributed by atoms with Crippen LogP contribution in [0.4, 0.5) is 10.1 Å². The molecule has 0 saturated carbocycles. The van der Waals surface area contributed by atoms with Crippen LogP contribution in [0.15, 0.2) is 18.2 Å². The highest BCUT2D eigenvalue weighted by Gasteiger charge is 2.18. The van der Waals surface area contributed by atoms with Crippen molar-refractivity contribution in [2.45, 2.75) is 27.2 Å². The normalized spacial score (nSPS) is 12.2. The topological polar surface area (TPSA) is 96.0 Å². The maximum absolute atomic E-state index is 13.4. The Morgan fingerprint density at radius 2 is 2.00 bits per heavy atom. The van der Waals surface area contributed by atoms with Crippen LogP contribution in [0.25, 0.3) is 0 Å². The van der Waals surface area contributed by atoms with E-state index in [1.54, 1.807) is 0 Å². The van der Waals surface area contributed by atoms with Crippen molar-refractivity contribution in [3.05, 3.63) is 29.6 Å². The van der Waals surface area contributed by atoms with Gasteiger partial charge in [-0.15, -0.1) is 0 Å². The van der Waals surface area contributed by atoms with E-state index in [2.05, 4.69) is 4.72 Å². The van der Waals surface area contributed by atoms with Crippen LogP contribution in [-0.4, -0.2) is 20.0 Å². The molecule has 0 fully saturated rings. The molecule has 0 atom stereocenters. The number of amidine groups is 1. The second-order valence-corrected chi connectivity index (χ2v) is 7.68. The Kier molecular flexibility index (Phi) is 4.75. The van der Waals surface area contributed by atoms with E-state index >= 15 is 0 Å². The van der Waals surface area contributed by atoms with E-state index in [9.17, 15) is 12.8 Å². The smallest absolute Gasteiger partial charge is 0.232 e. The molecule has 0 unspecified atom stereocenters. The molecular formula is C13H20FN3O2S. The molecule has 0 aliphatic heterocycles. The number of nitrogens with two attached hydrogens (primary N) is 1. The first-order chi connectivity index (χ1) is 9.00. The van der Waals surface area contributed by atoms with Crippen LogP contribution in [0.5, 0.6) is 0 Å².